The van der Waals surface area contributed by atoms with Crippen molar-refractivity contribution < 1.29 is 4.39 Å². The minimum atomic E-state index is -0.536. The van der Waals surface area contributed by atoms with E-state index in [9.17, 15) is 9.65 Å². The number of nitrogens with zero attached hydrogens (tertiary/aromatic N) is 4. The molecule has 38 heavy (non-hydrogen) atoms. The van der Waals surface area contributed by atoms with Crippen LogP contribution >= 0.6 is 11.6 Å². The zero-order chi connectivity index (χ0) is 27.8. The highest BCUT2D eigenvalue weighted by Gasteiger charge is 2.29. The van der Waals surface area contributed by atoms with Gasteiger partial charge in [0, 0.05) is 46.8 Å². The average molecular weight is 537 g/mol. The standard InChI is InChI=1S/C28H34ClFN8/c1-16-19(8-9-23(30)34-16)26(22-14-38(37-36-22)28(5,6)7)35-18-10-20-24(33-15-27(2,3)4)17(12-31)13-32-25(20)21(29)11-18/h8-11,13-14,26,35-37H,15H2,1-7H3,(H,32,33)/t26-/m0/s1. The van der Waals surface area contributed by atoms with E-state index < -0.39 is 12.0 Å². The molecular weight excluding hydrogens is 503 g/mol. The Kier molecular flexibility index (Phi) is 7.42. The summed E-state index contributed by atoms with van der Waals surface area (Å²) in [5.74, 6) is -0.536. The molecule has 1 aliphatic heterocycles. The van der Waals surface area contributed by atoms with Crippen LogP contribution in [0.25, 0.3) is 10.9 Å². The van der Waals surface area contributed by atoms with Crippen LogP contribution in [-0.2, 0) is 0 Å². The van der Waals surface area contributed by atoms with E-state index in [-0.39, 0.29) is 11.0 Å². The molecule has 1 atom stereocenters. The van der Waals surface area contributed by atoms with E-state index >= 15 is 0 Å². The molecule has 3 aromatic rings. The number of nitrogens with one attached hydrogen (secondary N) is 4. The van der Waals surface area contributed by atoms with Crippen molar-refractivity contribution in [1.82, 2.24) is 25.9 Å². The summed E-state index contributed by atoms with van der Waals surface area (Å²) in [6.07, 6.45) is 3.53. The van der Waals surface area contributed by atoms with Gasteiger partial charge in [0.05, 0.1) is 33.5 Å². The maximum atomic E-state index is 13.9. The number of hydrogen-bond donors (Lipinski definition) is 4. The Morgan fingerprint density at radius 2 is 1.92 bits per heavy atom. The Labute approximate surface area is 228 Å². The Hall–Kier alpha value is -3.61. The van der Waals surface area contributed by atoms with Gasteiger partial charge in [0.2, 0.25) is 5.95 Å². The van der Waals surface area contributed by atoms with Crippen LogP contribution in [0, 0.1) is 29.6 Å². The van der Waals surface area contributed by atoms with Gasteiger partial charge in [-0.2, -0.15) is 9.65 Å². The minimum Gasteiger partial charge on any atom is -0.383 e. The number of hydrogen-bond acceptors (Lipinski definition) is 8. The molecular formula is C28H34ClFN8. The van der Waals surface area contributed by atoms with Gasteiger partial charge in [0.1, 0.15) is 6.07 Å². The molecule has 10 heteroatoms. The third-order valence-corrected chi connectivity index (χ3v) is 6.47. The predicted molar refractivity (Wildman–Crippen MR) is 151 cm³/mol. The molecule has 2 aromatic heterocycles. The summed E-state index contributed by atoms with van der Waals surface area (Å²) in [5.41, 5.74) is 10.9. The molecule has 0 aliphatic carbocycles. The average Bonchev–Trinajstić information content (AvgIpc) is 3.31. The summed E-state index contributed by atoms with van der Waals surface area (Å²) in [7, 11) is 0. The molecule has 3 heterocycles. The Morgan fingerprint density at radius 1 is 1.18 bits per heavy atom. The number of hydrazine groups is 2. The van der Waals surface area contributed by atoms with Crippen LogP contribution in [0.4, 0.5) is 15.8 Å². The smallest absolute Gasteiger partial charge is 0.213 e. The van der Waals surface area contributed by atoms with Crippen LogP contribution in [0.3, 0.4) is 0 Å². The molecule has 1 aromatic carbocycles. The summed E-state index contributed by atoms with van der Waals surface area (Å²) in [6, 6.07) is 8.65. The van der Waals surface area contributed by atoms with Gasteiger partial charge in [-0.15, -0.1) is 5.53 Å². The summed E-state index contributed by atoms with van der Waals surface area (Å²) in [5, 5.41) is 19.9. The summed E-state index contributed by atoms with van der Waals surface area (Å²) in [6.45, 7) is 15.1. The van der Waals surface area contributed by atoms with Crippen LogP contribution in [0.15, 0.2) is 42.4 Å². The van der Waals surface area contributed by atoms with E-state index in [2.05, 4.69) is 79.2 Å². The number of benzene rings is 1. The number of aromatic nitrogens is 2. The monoisotopic (exact) mass is 536 g/mol. The van der Waals surface area contributed by atoms with E-state index in [1.807, 2.05) is 17.3 Å². The number of halogens is 2. The SMILES string of the molecule is Cc1nc(F)ccc1[C@H](Nc1cc(Cl)c2ncc(C#N)c(NCC(C)(C)C)c2c1)C1=CN(C(C)(C)C)NN1. The zero-order valence-corrected chi connectivity index (χ0v) is 23.5. The molecule has 0 unspecified atom stereocenters. The van der Waals surface area contributed by atoms with E-state index in [4.69, 9.17) is 11.6 Å². The van der Waals surface area contributed by atoms with Crippen LogP contribution in [-0.4, -0.2) is 27.1 Å². The van der Waals surface area contributed by atoms with E-state index in [0.717, 1.165) is 16.6 Å². The number of nitriles is 1. The summed E-state index contributed by atoms with van der Waals surface area (Å²) >= 11 is 6.72. The van der Waals surface area contributed by atoms with Crippen molar-refractivity contribution in [1.29, 1.82) is 5.26 Å². The molecule has 0 saturated carbocycles. The Morgan fingerprint density at radius 3 is 2.53 bits per heavy atom. The fourth-order valence-electron chi connectivity index (χ4n) is 4.14. The first-order valence-corrected chi connectivity index (χ1v) is 12.8. The summed E-state index contributed by atoms with van der Waals surface area (Å²) in [4.78, 5) is 8.51. The lowest BCUT2D eigenvalue weighted by atomic mass is 9.96. The summed E-state index contributed by atoms with van der Waals surface area (Å²) < 4.78 is 13.9. The first kappa shape index (κ1) is 27.4. The lowest BCUT2D eigenvalue weighted by Crippen LogP contribution is -2.47. The number of rotatable bonds is 6. The van der Waals surface area contributed by atoms with Crippen LogP contribution < -0.4 is 21.6 Å². The van der Waals surface area contributed by atoms with Crippen LogP contribution in [0.2, 0.25) is 5.02 Å². The maximum Gasteiger partial charge on any atom is 0.213 e. The molecule has 0 amide bonds. The second-order valence-corrected chi connectivity index (χ2v) is 12.1. The highest BCUT2D eigenvalue weighted by atomic mass is 35.5. The molecule has 0 spiro atoms. The minimum absolute atomic E-state index is 0.00722. The van der Waals surface area contributed by atoms with Gasteiger partial charge in [-0.1, -0.05) is 38.4 Å². The highest BCUT2D eigenvalue weighted by molar-refractivity contribution is 6.35. The third kappa shape index (κ3) is 5.93. The Balaban J connectivity index is 1.82. The van der Waals surface area contributed by atoms with Crippen molar-refractivity contribution in [3.05, 3.63) is 70.2 Å². The number of aryl methyl sites for hydroxylation is 1. The first-order chi connectivity index (χ1) is 17.8. The molecule has 1 aliphatic rings. The van der Waals surface area contributed by atoms with Crippen molar-refractivity contribution in [3.8, 4) is 6.07 Å². The van der Waals surface area contributed by atoms with Crippen LogP contribution in [0.5, 0.6) is 0 Å². The van der Waals surface area contributed by atoms with Crippen LogP contribution in [0.1, 0.15) is 64.4 Å². The van der Waals surface area contributed by atoms with Gasteiger partial charge in [-0.25, -0.2) is 4.98 Å². The molecule has 0 radical (unpaired) electrons. The second-order valence-electron chi connectivity index (χ2n) is 11.7. The van der Waals surface area contributed by atoms with Gasteiger partial charge in [-0.05, 0) is 51.3 Å². The van der Waals surface area contributed by atoms with Crippen molar-refractivity contribution in [2.45, 2.75) is 60.0 Å². The van der Waals surface area contributed by atoms with Gasteiger partial charge < -0.3 is 16.1 Å². The fraction of sp³-hybridized carbons (Fsp3) is 0.393. The van der Waals surface area contributed by atoms with Crippen molar-refractivity contribution in [2.24, 2.45) is 5.41 Å². The quantitative estimate of drug-likeness (QED) is 0.277. The van der Waals surface area contributed by atoms with Gasteiger partial charge in [-0.3, -0.25) is 9.99 Å². The lowest BCUT2D eigenvalue weighted by molar-refractivity contribution is 0.138. The second kappa shape index (κ2) is 10.3. The van der Waals surface area contributed by atoms with E-state index in [0.29, 0.717) is 39.7 Å². The predicted octanol–water partition coefficient (Wildman–Crippen LogP) is 6.18. The van der Waals surface area contributed by atoms with E-state index in [1.165, 1.54) is 6.07 Å². The van der Waals surface area contributed by atoms with E-state index in [1.54, 1.807) is 25.3 Å². The van der Waals surface area contributed by atoms with Gasteiger partial charge in [0.15, 0.2) is 0 Å². The molecule has 0 bridgehead atoms. The van der Waals surface area contributed by atoms with Crippen molar-refractivity contribution in [3.63, 3.8) is 0 Å². The fourth-order valence-corrected chi connectivity index (χ4v) is 4.41. The lowest BCUT2D eigenvalue weighted by Gasteiger charge is -2.30. The molecule has 8 nitrogen and oxygen atoms in total. The van der Waals surface area contributed by atoms with Crippen molar-refractivity contribution in [2.75, 3.05) is 17.2 Å². The molecule has 4 N–H and O–H groups in total. The van der Waals surface area contributed by atoms with Gasteiger partial charge >= 0.3 is 0 Å². The Bertz CT molecular complexity index is 1430. The molecule has 0 fully saturated rings. The maximum absolute atomic E-state index is 13.9. The largest absolute Gasteiger partial charge is 0.383 e. The molecule has 0 saturated heterocycles. The molecule has 200 valence electrons. The van der Waals surface area contributed by atoms with Gasteiger partial charge in [0.25, 0.3) is 0 Å². The topological polar surface area (TPSA) is 101 Å². The number of anilines is 2. The molecule has 4 rings (SSSR count). The third-order valence-electron chi connectivity index (χ3n) is 6.18. The number of fused-ring (bicyclic) bond motifs is 1. The normalized spacial score (nSPS) is 14.6. The highest BCUT2D eigenvalue weighted by Crippen LogP contribution is 2.36. The number of pyridine rings is 2. The van der Waals surface area contributed by atoms with Crippen molar-refractivity contribution >= 4 is 33.9 Å². The zero-order valence-electron chi connectivity index (χ0n) is 22.8. The first-order valence-electron chi connectivity index (χ1n) is 12.5.